The number of carbonyl (C=O) groups is 2. The van der Waals surface area contributed by atoms with Crippen LogP contribution >= 0.6 is 0 Å². The first kappa shape index (κ1) is 16.8. The summed E-state index contributed by atoms with van der Waals surface area (Å²) in [6.07, 6.45) is 2.15. The van der Waals surface area contributed by atoms with Crippen LogP contribution < -0.4 is 0 Å². The van der Waals surface area contributed by atoms with Crippen molar-refractivity contribution in [2.75, 3.05) is 18.1 Å². The maximum Gasteiger partial charge on any atom is 0.338 e. The van der Waals surface area contributed by atoms with Crippen molar-refractivity contribution >= 4 is 21.7 Å². The van der Waals surface area contributed by atoms with Gasteiger partial charge in [-0.25, -0.2) is 13.2 Å². The highest BCUT2D eigenvalue weighted by Crippen LogP contribution is 2.32. The second-order valence-electron chi connectivity index (χ2n) is 6.21. The van der Waals surface area contributed by atoms with E-state index in [-0.39, 0.29) is 40.8 Å². The molecule has 1 aliphatic heterocycles. The van der Waals surface area contributed by atoms with Crippen LogP contribution in [-0.4, -0.2) is 60.5 Å². The van der Waals surface area contributed by atoms with Crippen LogP contribution in [0.2, 0.25) is 0 Å². The molecule has 24 heavy (non-hydrogen) atoms. The molecule has 130 valence electrons. The molecule has 1 aliphatic carbocycles. The molecule has 1 aromatic rings. The fourth-order valence-corrected chi connectivity index (χ4v) is 4.65. The molecule has 1 saturated heterocycles. The molecule has 2 aliphatic rings. The van der Waals surface area contributed by atoms with E-state index < -0.39 is 22.4 Å². The lowest BCUT2D eigenvalue weighted by molar-refractivity contribution is -0.137. The number of aromatic hydroxyl groups is 1. The molecule has 3 rings (SSSR count). The van der Waals surface area contributed by atoms with E-state index in [1.165, 1.54) is 24.3 Å². The monoisotopic (exact) mass is 353 g/mol. The molecule has 1 N–H and O–H groups in total. The summed E-state index contributed by atoms with van der Waals surface area (Å²) in [4.78, 5) is 25.9. The van der Waals surface area contributed by atoms with E-state index >= 15 is 0 Å². The molecule has 1 aromatic carbocycles. The Labute approximate surface area is 140 Å². The third-order valence-electron chi connectivity index (χ3n) is 4.26. The van der Waals surface area contributed by atoms with E-state index in [9.17, 15) is 23.1 Å². The summed E-state index contributed by atoms with van der Waals surface area (Å²) in [5.74, 6) is -0.891. The standard InChI is InChI=1S/C16H19NO6S/c18-14-5-1-11(2-6-14)16(20)23-9-15(19)17(12-3-4-12)13-7-8-24(21,22)10-13/h1-2,5-6,12-13,18H,3-4,7-10H2. The SMILES string of the molecule is O=C(OCC(=O)N(C1CC1)C1CCS(=O)(=O)C1)c1ccc(O)cc1. The summed E-state index contributed by atoms with van der Waals surface area (Å²) in [5.41, 5.74) is 0.238. The first-order valence-corrected chi connectivity index (χ1v) is 9.65. The van der Waals surface area contributed by atoms with E-state index in [0.717, 1.165) is 12.8 Å². The van der Waals surface area contributed by atoms with Gasteiger partial charge >= 0.3 is 5.97 Å². The maximum atomic E-state index is 12.4. The number of benzene rings is 1. The van der Waals surface area contributed by atoms with Crippen LogP contribution in [0.3, 0.4) is 0 Å². The lowest BCUT2D eigenvalue weighted by Crippen LogP contribution is -2.44. The third-order valence-corrected chi connectivity index (χ3v) is 6.01. The molecular formula is C16H19NO6S. The molecule has 2 fully saturated rings. The van der Waals surface area contributed by atoms with Gasteiger partial charge in [0.1, 0.15) is 5.75 Å². The number of nitrogens with zero attached hydrogens (tertiary/aromatic N) is 1. The van der Waals surface area contributed by atoms with Crippen molar-refractivity contribution in [1.82, 2.24) is 4.90 Å². The number of rotatable bonds is 5. The molecule has 1 heterocycles. The molecule has 1 amide bonds. The number of amides is 1. The van der Waals surface area contributed by atoms with Crippen molar-refractivity contribution in [3.63, 3.8) is 0 Å². The van der Waals surface area contributed by atoms with Crippen LogP contribution in [0.5, 0.6) is 5.75 Å². The summed E-state index contributed by atoms with van der Waals surface area (Å²) in [5, 5.41) is 9.20. The normalized spacial score (nSPS) is 22.1. The Bertz CT molecular complexity index is 738. The van der Waals surface area contributed by atoms with Crippen molar-refractivity contribution in [1.29, 1.82) is 0 Å². The van der Waals surface area contributed by atoms with Crippen LogP contribution in [0.4, 0.5) is 0 Å². The summed E-state index contributed by atoms with van der Waals surface area (Å²) < 4.78 is 28.3. The first-order valence-electron chi connectivity index (χ1n) is 7.83. The number of sulfone groups is 1. The van der Waals surface area contributed by atoms with Gasteiger partial charge in [-0.05, 0) is 43.5 Å². The van der Waals surface area contributed by atoms with Crippen molar-refractivity contribution < 1.29 is 27.9 Å². The maximum absolute atomic E-state index is 12.4. The van der Waals surface area contributed by atoms with Gasteiger partial charge in [-0.3, -0.25) is 4.79 Å². The van der Waals surface area contributed by atoms with Crippen LogP contribution in [0.1, 0.15) is 29.6 Å². The van der Waals surface area contributed by atoms with Gasteiger partial charge in [-0.2, -0.15) is 0 Å². The second kappa shape index (κ2) is 6.43. The summed E-state index contributed by atoms with van der Waals surface area (Å²) in [6.45, 7) is -0.410. The predicted molar refractivity (Wildman–Crippen MR) is 85.3 cm³/mol. The van der Waals surface area contributed by atoms with E-state index in [4.69, 9.17) is 4.74 Å². The zero-order valence-electron chi connectivity index (χ0n) is 13.1. The number of ether oxygens (including phenoxy) is 1. The summed E-state index contributed by atoms with van der Waals surface area (Å²) in [6, 6.07) is 5.27. The van der Waals surface area contributed by atoms with Crippen molar-refractivity contribution in [2.45, 2.75) is 31.3 Å². The Morgan fingerprint density at radius 3 is 2.33 bits per heavy atom. The Balaban J connectivity index is 1.60. The third kappa shape index (κ3) is 3.87. The molecule has 0 spiro atoms. The van der Waals surface area contributed by atoms with Gasteiger partial charge in [-0.15, -0.1) is 0 Å². The highest BCUT2D eigenvalue weighted by atomic mass is 32.2. The Morgan fingerprint density at radius 2 is 1.79 bits per heavy atom. The van der Waals surface area contributed by atoms with Crippen LogP contribution in [0, 0.1) is 0 Å². The molecule has 7 nitrogen and oxygen atoms in total. The quantitative estimate of drug-likeness (QED) is 0.783. The van der Waals surface area contributed by atoms with Gasteiger partial charge in [0.15, 0.2) is 16.4 Å². The molecule has 8 heteroatoms. The van der Waals surface area contributed by atoms with Crippen LogP contribution in [0.25, 0.3) is 0 Å². The molecule has 0 aromatic heterocycles. The number of phenols is 1. The van der Waals surface area contributed by atoms with Gasteiger partial charge in [0.2, 0.25) is 0 Å². The molecule has 0 radical (unpaired) electrons. The van der Waals surface area contributed by atoms with Gasteiger partial charge in [0.05, 0.1) is 17.1 Å². The highest BCUT2D eigenvalue weighted by molar-refractivity contribution is 7.91. The van der Waals surface area contributed by atoms with Gasteiger partial charge in [0, 0.05) is 12.1 Å². The largest absolute Gasteiger partial charge is 0.508 e. The highest BCUT2D eigenvalue weighted by Gasteiger charge is 2.42. The van der Waals surface area contributed by atoms with Crippen LogP contribution in [-0.2, 0) is 19.4 Å². The average molecular weight is 353 g/mol. The number of phenolic OH excluding ortho intramolecular Hbond substituents is 1. The lowest BCUT2D eigenvalue weighted by Gasteiger charge is -2.28. The molecule has 1 saturated carbocycles. The molecule has 0 bridgehead atoms. The fraction of sp³-hybridized carbons (Fsp3) is 0.500. The van der Waals surface area contributed by atoms with Crippen molar-refractivity contribution in [2.24, 2.45) is 0 Å². The number of hydrogen-bond donors (Lipinski definition) is 1. The minimum absolute atomic E-state index is 0.0127. The number of esters is 1. The first-order chi connectivity index (χ1) is 11.4. The van der Waals surface area contributed by atoms with Crippen molar-refractivity contribution in [3.05, 3.63) is 29.8 Å². The Kier molecular flexibility index (Phi) is 4.49. The molecule has 1 atom stereocenters. The van der Waals surface area contributed by atoms with E-state index in [2.05, 4.69) is 0 Å². The zero-order chi connectivity index (χ0) is 17.3. The summed E-state index contributed by atoms with van der Waals surface area (Å²) >= 11 is 0. The Morgan fingerprint density at radius 1 is 1.12 bits per heavy atom. The zero-order valence-corrected chi connectivity index (χ0v) is 13.9. The fourth-order valence-electron chi connectivity index (χ4n) is 2.94. The smallest absolute Gasteiger partial charge is 0.338 e. The average Bonchev–Trinajstić information content (AvgIpc) is 3.29. The van der Waals surface area contributed by atoms with Crippen LogP contribution in [0.15, 0.2) is 24.3 Å². The van der Waals surface area contributed by atoms with Gasteiger partial charge in [0.25, 0.3) is 5.91 Å². The minimum Gasteiger partial charge on any atom is -0.508 e. The number of hydrogen-bond acceptors (Lipinski definition) is 6. The van der Waals surface area contributed by atoms with E-state index in [1.54, 1.807) is 4.90 Å². The van der Waals surface area contributed by atoms with E-state index in [0.29, 0.717) is 6.42 Å². The topological polar surface area (TPSA) is 101 Å². The number of carbonyl (C=O) groups excluding carboxylic acids is 2. The van der Waals surface area contributed by atoms with E-state index in [1.807, 2.05) is 0 Å². The summed E-state index contributed by atoms with van der Waals surface area (Å²) in [7, 11) is -3.08. The van der Waals surface area contributed by atoms with Gasteiger partial charge in [-0.1, -0.05) is 0 Å². The minimum atomic E-state index is -3.08. The molecular weight excluding hydrogens is 334 g/mol. The predicted octanol–water partition coefficient (Wildman–Crippen LogP) is 0.727. The second-order valence-corrected chi connectivity index (χ2v) is 8.44. The Hall–Kier alpha value is -2.09. The van der Waals surface area contributed by atoms with Gasteiger partial charge < -0.3 is 14.7 Å². The van der Waals surface area contributed by atoms with Crippen molar-refractivity contribution in [3.8, 4) is 5.75 Å². The molecule has 1 unspecified atom stereocenters. The lowest BCUT2D eigenvalue weighted by atomic mass is 10.2.